The molecule has 0 aliphatic carbocycles. The standard InChI is InChI=1S/C19H27N7O.HI/c1-4-25(5-2)15(16-9-8-12-27-16)13-21-19(20-3)22-14-18-24-23-17-10-6-7-11-26(17)18;/h6-12,15H,4-5,13-14H2,1-3H3,(H2,20,21,22);1H. The fraction of sp³-hybridized carbons (Fsp3) is 0.421. The summed E-state index contributed by atoms with van der Waals surface area (Å²) in [5.74, 6) is 2.50. The molecule has 8 nitrogen and oxygen atoms in total. The number of nitrogens with zero attached hydrogens (tertiary/aromatic N) is 5. The topological polar surface area (TPSA) is 83.0 Å². The van der Waals surface area contributed by atoms with E-state index in [0.717, 1.165) is 30.3 Å². The van der Waals surface area contributed by atoms with Crippen LogP contribution >= 0.6 is 24.0 Å². The second-order valence-electron chi connectivity index (χ2n) is 6.10. The molecule has 3 heterocycles. The molecule has 28 heavy (non-hydrogen) atoms. The van der Waals surface area contributed by atoms with E-state index < -0.39 is 0 Å². The second-order valence-corrected chi connectivity index (χ2v) is 6.10. The van der Waals surface area contributed by atoms with Crippen molar-refractivity contribution in [1.82, 2.24) is 30.1 Å². The number of hydrogen-bond donors (Lipinski definition) is 2. The van der Waals surface area contributed by atoms with Crippen LogP contribution in [0.15, 0.2) is 52.2 Å². The molecule has 3 aromatic heterocycles. The summed E-state index contributed by atoms with van der Waals surface area (Å²) in [4.78, 5) is 6.67. The van der Waals surface area contributed by atoms with Crippen molar-refractivity contribution in [2.45, 2.75) is 26.4 Å². The van der Waals surface area contributed by atoms with Crippen LogP contribution < -0.4 is 10.6 Å². The Labute approximate surface area is 182 Å². The summed E-state index contributed by atoms with van der Waals surface area (Å²) < 4.78 is 7.61. The lowest BCUT2D eigenvalue weighted by Crippen LogP contribution is -2.43. The first-order chi connectivity index (χ1) is 13.3. The fourth-order valence-electron chi connectivity index (χ4n) is 3.14. The van der Waals surface area contributed by atoms with Crippen LogP contribution in [0.5, 0.6) is 0 Å². The molecule has 2 N–H and O–H groups in total. The Morgan fingerprint density at radius 1 is 1.18 bits per heavy atom. The molecule has 0 aromatic carbocycles. The van der Waals surface area contributed by atoms with Crippen LogP contribution in [0.1, 0.15) is 31.5 Å². The third-order valence-corrected chi connectivity index (χ3v) is 4.61. The zero-order valence-electron chi connectivity index (χ0n) is 16.5. The van der Waals surface area contributed by atoms with Crippen LogP contribution in [-0.2, 0) is 6.54 Å². The van der Waals surface area contributed by atoms with Gasteiger partial charge in [0.2, 0.25) is 0 Å². The van der Waals surface area contributed by atoms with Gasteiger partial charge in [-0.05, 0) is 37.4 Å². The van der Waals surface area contributed by atoms with Gasteiger partial charge in [0.1, 0.15) is 5.76 Å². The summed E-state index contributed by atoms with van der Waals surface area (Å²) in [5, 5.41) is 15.1. The molecule has 3 aromatic rings. The minimum atomic E-state index is 0. The lowest BCUT2D eigenvalue weighted by Gasteiger charge is -2.28. The Hall–Kier alpha value is -2.14. The Bertz CT molecular complexity index is 858. The first-order valence-electron chi connectivity index (χ1n) is 9.27. The molecule has 1 atom stereocenters. The number of rotatable bonds is 8. The maximum atomic E-state index is 5.65. The summed E-state index contributed by atoms with van der Waals surface area (Å²) >= 11 is 0. The molecule has 0 fully saturated rings. The zero-order chi connectivity index (χ0) is 19.1. The van der Waals surface area contributed by atoms with Crippen LogP contribution in [0.25, 0.3) is 5.65 Å². The number of guanidine groups is 1. The summed E-state index contributed by atoms with van der Waals surface area (Å²) in [6, 6.07) is 9.93. The maximum Gasteiger partial charge on any atom is 0.191 e. The molecule has 0 spiro atoms. The summed E-state index contributed by atoms with van der Waals surface area (Å²) in [5.41, 5.74) is 0.830. The van der Waals surface area contributed by atoms with Gasteiger partial charge in [-0.25, -0.2) is 0 Å². The largest absolute Gasteiger partial charge is 0.468 e. The van der Waals surface area contributed by atoms with E-state index in [1.165, 1.54) is 0 Å². The van der Waals surface area contributed by atoms with E-state index in [1.807, 2.05) is 40.9 Å². The Morgan fingerprint density at radius 2 is 2.00 bits per heavy atom. The Morgan fingerprint density at radius 3 is 2.68 bits per heavy atom. The number of likely N-dealkylation sites (N-methyl/N-ethyl adjacent to an activating group) is 1. The molecule has 0 saturated heterocycles. The third-order valence-electron chi connectivity index (χ3n) is 4.61. The number of pyridine rings is 1. The highest BCUT2D eigenvalue weighted by atomic mass is 127. The number of fused-ring (bicyclic) bond motifs is 1. The lowest BCUT2D eigenvalue weighted by molar-refractivity contribution is 0.193. The number of furan rings is 1. The molecule has 0 bridgehead atoms. The summed E-state index contributed by atoms with van der Waals surface area (Å²) in [6.07, 6.45) is 3.67. The lowest BCUT2D eigenvalue weighted by atomic mass is 10.2. The average Bonchev–Trinajstić information content (AvgIpc) is 3.37. The van der Waals surface area contributed by atoms with Gasteiger partial charge in [-0.3, -0.25) is 14.3 Å². The van der Waals surface area contributed by atoms with Gasteiger partial charge in [0.05, 0.1) is 18.8 Å². The molecule has 3 rings (SSSR count). The summed E-state index contributed by atoms with van der Waals surface area (Å²) in [7, 11) is 1.76. The molecule has 0 aliphatic heterocycles. The van der Waals surface area contributed by atoms with Gasteiger partial charge in [0.15, 0.2) is 17.4 Å². The van der Waals surface area contributed by atoms with Gasteiger partial charge < -0.3 is 15.1 Å². The van der Waals surface area contributed by atoms with Gasteiger partial charge in [-0.2, -0.15) is 0 Å². The highest BCUT2D eigenvalue weighted by molar-refractivity contribution is 14.0. The van der Waals surface area contributed by atoms with E-state index in [9.17, 15) is 0 Å². The van der Waals surface area contributed by atoms with Crippen molar-refractivity contribution in [2.24, 2.45) is 4.99 Å². The molecule has 0 aliphatic rings. The Balaban J connectivity index is 0.00000280. The van der Waals surface area contributed by atoms with Crippen LogP contribution in [-0.4, -0.2) is 52.1 Å². The van der Waals surface area contributed by atoms with Crippen molar-refractivity contribution < 1.29 is 4.42 Å². The van der Waals surface area contributed by atoms with Crippen molar-refractivity contribution in [1.29, 1.82) is 0 Å². The second kappa shape index (κ2) is 11.0. The van der Waals surface area contributed by atoms with E-state index in [0.29, 0.717) is 19.0 Å². The van der Waals surface area contributed by atoms with Crippen molar-refractivity contribution in [3.63, 3.8) is 0 Å². The predicted molar refractivity (Wildman–Crippen MR) is 121 cm³/mol. The quantitative estimate of drug-likeness (QED) is 0.283. The normalized spacial score (nSPS) is 12.8. The molecule has 9 heteroatoms. The smallest absolute Gasteiger partial charge is 0.191 e. The van der Waals surface area contributed by atoms with Gasteiger partial charge in [0, 0.05) is 19.8 Å². The van der Waals surface area contributed by atoms with Crippen molar-refractivity contribution in [3.8, 4) is 0 Å². The van der Waals surface area contributed by atoms with E-state index >= 15 is 0 Å². The predicted octanol–water partition coefficient (Wildman–Crippen LogP) is 2.69. The molecular formula is C19H28IN7O. The number of hydrogen-bond acceptors (Lipinski definition) is 5. The molecule has 0 saturated carbocycles. The van der Waals surface area contributed by atoms with Crippen molar-refractivity contribution >= 4 is 35.6 Å². The van der Waals surface area contributed by atoms with Gasteiger partial charge in [0.25, 0.3) is 0 Å². The van der Waals surface area contributed by atoms with Crippen LogP contribution in [0.3, 0.4) is 0 Å². The van der Waals surface area contributed by atoms with Gasteiger partial charge in [-0.15, -0.1) is 34.2 Å². The molecule has 152 valence electrons. The number of aromatic nitrogens is 3. The minimum absolute atomic E-state index is 0. The first kappa shape index (κ1) is 22.2. The van der Waals surface area contributed by atoms with E-state index in [1.54, 1.807) is 13.3 Å². The maximum absolute atomic E-state index is 5.65. The number of aliphatic imine (C=N–C) groups is 1. The average molecular weight is 497 g/mol. The van der Waals surface area contributed by atoms with E-state index in [4.69, 9.17) is 4.42 Å². The van der Waals surface area contributed by atoms with Crippen LogP contribution in [0.4, 0.5) is 0 Å². The van der Waals surface area contributed by atoms with Crippen LogP contribution in [0, 0.1) is 0 Å². The number of nitrogens with one attached hydrogen (secondary N) is 2. The highest BCUT2D eigenvalue weighted by Crippen LogP contribution is 2.20. The first-order valence-corrected chi connectivity index (χ1v) is 9.27. The highest BCUT2D eigenvalue weighted by Gasteiger charge is 2.20. The summed E-state index contributed by atoms with van der Waals surface area (Å²) in [6.45, 7) is 7.42. The Kier molecular flexibility index (Phi) is 8.71. The van der Waals surface area contributed by atoms with E-state index in [2.05, 4.69) is 44.6 Å². The van der Waals surface area contributed by atoms with Crippen LogP contribution in [0.2, 0.25) is 0 Å². The molecule has 1 unspecified atom stereocenters. The molecule has 0 amide bonds. The number of halogens is 1. The van der Waals surface area contributed by atoms with Crippen molar-refractivity contribution in [2.75, 3.05) is 26.7 Å². The van der Waals surface area contributed by atoms with Gasteiger partial charge in [-0.1, -0.05) is 19.9 Å². The molecular weight excluding hydrogens is 469 g/mol. The SMILES string of the molecule is CCN(CC)C(CNC(=NC)NCc1nnc2ccccn12)c1ccco1.I. The molecule has 0 radical (unpaired) electrons. The van der Waals surface area contributed by atoms with E-state index in [-0.39, 0.29) is 30.0 Å². The fourth-order valence-corrected chi connectivity index (χ4v) is 3.14. The zero-order valence-corrected chi connectivity index (χ0v) is 18.8. The minimum Gasteiger partial charge on any atom is -0.468 e. The third kappa shape index (κ3) is 5.22. The van der Waals surface area contributed by atoms with Crippen molar-refractivity contribution in [3.05, 3.63) is 54.4 Å². The van der Waals surface area contributed by atoms with Gasteiger partial charge >= 0.3 is 0 Å². The monoisotopic (exact) mass is 497 g/mol.